The van der Waals surface area contributed by atoms with Crippen LogP contribution in [0.15, 0.2) is 0 Å². The summed E-state index contributed by atoms with van der Waals surface area (Å²) in [5, 5.41) is 8.00. The number of sulfone groups is 1. The zero-order valence-electron chi connectivity index (χ0n) is 7.40. The average molecular weight is 206 g/mol. The van der Waals surface area contributed by atoms with Gasteiger partial charge in [0.25, 0.3) is 0 Å². The molecule has 0 heterocycles. The molecule has 0 unspecified atom stereocenters. The van der Waals surface area contributed by atoms with Gasteiger partial charge in [0.15, 0.2) is 9.84 Å². The highest BCUT2D eigenvalue weighted by atomic mass is 32.2. The van der Waals surface area contributed by atoms with Crippen LogP contribution in [-0.4, -0.2) is 30.5 Å². The van der Waals surface area contributed by atoms with E-state index in [1.807, 2.05) is 0 Å². The third kappa shape index (κ3) is 2.99. The first-order valence-electron chi connectivity index (χ1n) is 4.46. The summed E-state index contributed by atoms with van der Waals surface area (Å²) in [6.07, 6.45) is 4.15. The maximum atomic E-state index is 11.4. The molecule has 0 radical (unpaired) electrons. The highest BCUT2D eigenvalue weighted by Crippen LogP contribution is 2.23. The van der Waals surface area contributed by atoms with E-state index in [0.717, 1.165) is 19.3 Å². The van der Waals surface area contributed by atoms with Crippen LogP contribution in [0.2, 0.25) is 0 Å². The van der Waals surface area contributed by atoms with Gasteiger partial charge in [-0.25, -0.2) is 8.42 Å². The van der Waals surface area contributed by atoms with Gasteiger partial charge < -0.3 is 5.11 Å². The van der Waals surface area contributed by atoms with Crippen LogP contribution in [-0.2, 0) is 14.6 Å². The average Bonchev–Trinajstić information content (AvgIpc) is 2.04. The van der Waals surface area contributed by atoms with Crippen molar-refractivity contribution in [2.45, 2.75) is 37.4 Å². The van der Waals surface area contributed by atoms with Crippen molar-refractivity contribution in [1.82, 2.24) is 0 Å². The number of rotatable bonds is 3. The summed E-state index contributed by atoms with van der Waals surface area (Å²) in [4.78, 5) is 10.3. The van der Waals surface area contributed by atoms with Crippen LogP contribution in [0.25, 0.3) is 0 Å². The Bertz CT molecular complexity index is 275. The number of hydrogen-bond donors (Lipinski definition) is 1. The zero-order valence-corrected chi connectivity index (χ0v) is 8.22. The molecule has 0 aliphatic heterocycles. The van der Waals surface area contributed by atoms with Crippen molar-refractivity contribution in [3.05, 3.63) is 0 Å². The van der Waals surface area contributed by atoms with Gasteiger partial charge in [0.05, 0.1) is 5.25 Å². The maximum absolute atomic E-state index is 11.4. The lowest BCUT2D eigenvalue weighted by Gasteiger charge is -2.20. The molecule has 0 saturated heterocycles. The molecule has 1 saturated carbocycles. The van der Waals surface area contributed by atoms with Gasteiger partial charge in [0.1, 0.15) is 5.75 Å². The Labute approximate surface area is 77.9 Å². The van der Waals surface area contributed by atoms with Crippen molar-refractivity contribution in [3.8, 4) is 0 Å². The van der Waals surface area contributed by atoms with Gasteiger partial charge in [-0.15, -0.1) is 0 Å². The van der Waals surface area contributed by atoms with Crippen molar-refractivity contribution in [3.63, 3.8) is 0 Å². The fourth-order valence-electron chi connectivity index (χ4n) is 1.71. The zero-order chi connectivity index (χ0) is 9.90. The van der Waals surface area contributed by atoms with Crippen LogP contribution in [0.3, 0.4) is 0 Å². The highest BCUT2D eigenvalue weighted by molar-refractivity contribution is 7.92. The van der Waals surface area contributed by atoms with Gasteiger partial charge in [-0.05, 0) is 12.8 Å². The lowest BCUT2D eigenvalue weighted by Crippen LogP contribution is -2.29. The number of hydrogen-bond acceptors (Lipinski definition) is 3. The quantitative estimate of drug-likeness (QED) is 0.742. The van der Waals surface area contributed by atoms with Gasteiger partial charge in [-0.1, -0.05) is 19.3 Å². The Morgan fingerprint density at radius 2 is 1.77 bits per heavy atom. The number of carbonyl (C=O) groups is 1. The van der Waals surface area contributed by atoms with E-state index in [4.69, 9.17) is 5.11 Å². The van der Waals surface area contributed by atoms with E-state index >= 15 is 0 Å². The van der Waals surface area contributed by atoms with E-state index in [1.54, 1.807) is 0 Å². The monoisotopic (exact) mass is 206 g/mol. The Morgan fingerprint density at radius 1 is 1.23 bits per heavy atom. The van der Waals surface area contributed by atoms with Crippen molar-refractivity contribution < 1.29 is 18.3 Å². The maximum Gasteiger partial charge on any atom is 0.318 e. The Balaban J connectivity index is 2.62. The van der Waals surface area contributed by atoms with Crippen molar-refractivity contribution >= 4 is 15.8 Å². The molecule has 1 rings (SSSR count). The van der Waals surface area contributed by atoms with Crippen LogP contribution in [0.4, 0.5) is 0 Å². The molecule has 1 aliphatic carbocycles. The lowest BCUT2D eigenvalue weighted by molar-refractivity contribution is -0.134. The van der Waals surface area contributed by atoms with Crippen LogP contribution in [0.1, 0.15) is 32.1 Å². The third-order valence-electron chi connectivity index (χ3n) is 2.38. The van der Waals surface area contributed by atoms with Crippen molar-refractivity contribution in [2.24, 2.45) is 0 Å². The van der Waals surface area contributed by atoms with Gasteiger partial charge >= 0.3 is 5.97 Å². The van der Waals surface area contributed by atoms with Crippen LogP contribution in [0.5, 0.6) is 0 Å². The number of aliphatic carboxylic acids is 1. The van der Waals surface area contributed by atoms with Crippen molar-refractivity contribution in [2.75, 3.05) is 5.75 Å². The first kappa shape index (κ1) is 10.5. The molecule has 5 heteroatoms. The molecule has 13 heavy (non-hydrogen) atoms. The normalized spacial score (nSPS) is 20.0. The minimum atomic E-state index is -3.38. The molecular formula is C8H14O4S. The predicted octanol–water partition coefficient (Wildman–Crippen LogP) is 0.819. The fraction of sp³-hybridized carbons (Fsp3) is 0.875. The molecular weight excluding hydrogens is 192 g/mol. The number of carboxylic acid groups (broad SMARTS) is 1. The van der Waals surface area contributed by atoms with E-state index in [0.29, 0.717) is 12.8 Å². The minimum absolute atomic E-state index is 0.405. The van der Waals surface area contributed by atoms with Crippen LogP contribution in [0, 0.1) is 0 Å². The summed E-state index contributed by atoms with van der Waals surface area (Å²) < 4.78 is 22.8. The lowest BCUT2D eigenvalue weighted by atomic mass is 10.0. The second kappa shape index (κ2) is 4.09. The summed E-state index contributed by atoms with van der Waals surface area (Å²) in [6.45, 7) is 0. The summed E-state index contributed by atoms with van der Waals surface area (Å²) in [7, 11) is -3.38. The van der Waals surface area contributed by atoms with Crippen molar-refractivity contribution in [1.29, 1.82) is 0 Å². The van der Waals surface area contributed by atoms with E-state index in [1.165, 1.54) is 0 Å². The van der Waals surface area contributed by atoms with Crippen LogP contribution >= 0.6 is 0 Å². The Kier molecular flexibility index (Phi) is 3.30. The number of carboxylic acids is 1. The van der Waals surface area contributed by atoms with E-state index < -0.39 is 26.8 Å². The summed E-state index contributed by atoms with van der Waals surface area (Å²) in [5.74, 6) is -1.96. The Hall–Kier alpha value is -0.580. The van der Waals surface area contributed by atoms with Gasteiger partial charge in [0, 0.05) is 0 Å². The minimum Gasteiger partial charge on any atom is -0.480 e. The topological polar surface area (TPSA) is 71.4 Å². The van der Waals surface area contributed by atoms with Crippen LogP contribution < -0.4 is 0 Å². The molecule has 1 N–H and O–H groups in total. The SMILES string of the molecule is O=C(O)CS(=O)(=O)C1CCCCC1. The molecule has 0 aromatic carbocycles. The fourth-order valence-corrected chi connectivity index (χ4v) is 3.35. The molecule has 1 fully saturated rings. The van der Waals surface area contributed by atoms with Gasteiger partial charge in [-0.2, -0.15) is 0 Å². The van der Waals surface area contributed by atoms with E-state index in [2.05, 4.69) is 0 Å². The first-order valence-corrected chi connectivity index (χ1v) is 6.17. The molecule has 0 aromatic rings. The smallest absolute Gasteiger partial charge is 0.318 e. The molecule has 76 valence electrons. The third-order valence-corrected chi connectivity index (χ3v) is 4.52. The molecule has 0 atom stereocenters. The first-order chi connectivity index (χ1) is 6.02. The van der Waals surface area contributed by atoms with E-state index in [-0.39, 0.29) is 0 Å². The molecule has 0 amide bonds. The predicted molar refractivity (Wildman–Crippen MR) is 48.3 cm³/mol. The summed E-state index contributed by atoms with van der Waals surface area (Å²) in [6, 6.07) is 0. The van der Waals surface area contributed by atoms with Gasteiger partial charge in [-0.3, -0.25) is 4.79 Å². The molecule has 0 aromatic heterocycles. The highest BCUT2D eigenvalue weighted by Gasteiger charge is 2.28. The summed E-state index contributed by atoms with van der Waals surface area (Å²) >= 11 is 0. The van der Waals surface area contributed by atoms with Gasteiger partial charge in [0.2, 0.25) is 0 Å². The standard InChI is InChI=1S/C8H14O4S/c9-8(10)6-13(11,12)7-4-2-1-3-5-7/h7H,1-6H2,(H,9,10). The molecule has 1 aliphatic rings. The molecule has 4 nitrogen and oxygen atoms in total. The largest absolute Gasteiger partial charge is 0.480 e. The molecule has 0 spiro atoms. The molecule has 0 bridgehead atoms. The second-order valence-corrected chi connectivity index (χ2v) is 5.74. The Morgan fingerprint density at radius 3 is 2.23 bits per heavy atom. The summed E-state index contributed by atoms with van der Waals surface area (Å²) in [5.41, 5.74) is 0. The van der Waals surface area contributed by atoms with E-state index in [9.17, 15) is 13.2 Å². The second-order valence-electron chi connectivity index (χ2n) is 3.46.